The minimum absolute atomic E-state index is 0.250. The van der Waals surface area contributed by atoms with Gasteiger partial charge in [0.25, 0.3) is 5.91 Å². The summed E-state index contributed by atoms with van der Waals surface area (Å²) in [7, 11) is 4.01. The number of fused-ring (bicyclic) bond motifs is 1. The van der Waals surface area contributed by atoms with Crippen LogP contribution >= 0.6 is 0 Å². The number of nitrogens with one attached hydrogen (secondary N) is 2. The fraction of sp³-hybridized carbons (Fsp3) is 0.478. The van der Waals surface area contributed by atoms with Crippen LogP contribution in [0.1, 0.15) is 54.9 Å². The number of aryl methyl sites for hydroxylation is 1. The summed E-state index contributed by atoms with van der Waals surface area (Å²) in [6, 6.07) is 4.84. The lowest BCUT2D eigenvalue weighted by Gasteiger charge is -2.38. The number of amides is 1. The number of aromatic nitrogens is 4. The largest absolute Gasteiger partial charge is 0.365 e. The molecule has 0 spiro atoms. The number of rotatable bonds is 8. The van der Waals surface area contributed by atoms with Gasteiger partial charge in [0.2, 0.25) is 5.95 Å². The number of carbonyl (C=O) groups excluding carboxylic acids is 1. The smallest absolute Gasteiger partial charge is 0.254 e. The van der Waals surface area contributed by atoms with Gasteiger partial charge in [-0.1, -0.05) is 26.2 Å². The SMILES string of the molecule is CCCc1ccn2ncc(Nc3nc(N(C)C4CCCCC4NC)ncc3C(N)=O)c2c1. The Labute approximate surface area is 188 Å². The molecule has 3 aromatic rings. The van der Waals surface area contributed by atoms with Crippen molar-refractivity contribution < 1.29 is 4.79 Å². The fourth-order valence-corrected chi connectivity index (χ4v) is 4.57. The van der Waals surface area contributed by atoms with Gasteiger partial charge in [0, 0.05) is 31.5 Å². The van der Waals surface area contributed by atoms with Gasteiger partial charge in [-0.25, -0.2) is 9.50 Å². The maximum absolute atomic E-state index is 12.1. The number of anilines is 3. The molecule has 32 heavy (non-hydrogen) atoms. The van der Waals surface area contributed by atoms with Crippen LogP contribution in [0.15, 0.2) is 30.7 Å². The molecule has 3 aromatic heterocycles. The topological polar surface area (TPSA) is 113 Å². The lowest BCUT2D eigenvalue weighted by atomic mass is 9.89. The molecule has 170 valence electrons. The summed E-state index contributed by atoms with van der Waals surface area (Å²) in [5.41, 5.74) is 8.80. The Hall–Kier alpha value is -3.20. The maximum Gasteiger partial charge on any atom is 0.254 e. The van der Waals surface area contributed by atoms with E-state index in [1.807, 2.05) is 20.3 Å². The normalized spacial score (nSPS) is 18.6. The van der Waals surface area contributed by atoms with Gasteiger partial charge >= 0.3 is 0 Å². The third-order valence-electron chi connectivity index (χ3n) is 6.33. The van der Waals surface area contributed by atoms with Crippen LogP contribution in [0.2, 0.25) is 0 Å². The van der Waals surface area contributed by atoms with Crippen LogP contribution in [0.5, 0.6) is 0 Å². The highest BCUT2D eigenvalue weighted by atomic mass is 16.1. The van der Waals surface area contributed by atoms with Gasteiger partial charge in [-0.05, 0) is 44.0 Å². The maximum atomic E-state index is 12.1. The predicted molar refractivity (Wildman–Crippen MR) is 127 cm³/mol. The zero-order valence-electron chi connectivity index (χ0n) is 19.0. The van der Waals surface area contributed by atoms with E-state index in [9.17, 15) is 4.79 Å². The molecule has 1 fully saturated rings. The first-order valence-corrected chi connectivity index (χ1v) is 11.3. The summed E-state index contributed by atoms with van der Waals surface area (Å²) in [5.74, 6) is 0.380. The summed E-state index contributed by atoms with van der Waals surface area (Å²) in [4.78, 5) is 23.4. The van der Waals surface area contributed by atoms with Crippen LogP contribution in [0.4, 0.5) is 17.5 Å². The van der Waals surface area contributed by atoms with Gasteiger partial charge in [0.15, 0.2) is 0 Å². The molecule has 1 amide bonds. The van der Waals surface area contributed by atoms with Gasteiger partial charge < -0.3 is 21.3 Å². The van der Waals surface area contributed by atoms with Crippen LogP contribution in [-0.2, 0) is 6.42 Å². The molecule has 3 heterocycles. The van der Waals surface area contributed by atoms with Crippen molar-refractivity contribution in [2.24, 2.45) is 5.73 Å². The molecule has 0 aliphatic heterocycles. The number of hydrogen-bond donors (Lipinski definition) is 3. The quantitative estimate of drug-likeness (QED) is 0.497. The number of likely N-dealkylation sites (N-methyl/N-ethyl adjacent to an activating group) is 2. The van der Waals surface area contributed by atoms with E-state index in [0.29, 0.717) is 17.8 Å². The average molecular weight is 437 g/mol. The monoisotopic (exact) mass is 436 g/mol. The van der Waals surface area contributed by atoms with Crippen LogP contribution in [0.3, 0.4) is 0 Å². The number of primary amides is 1. The Morgan fingerprint density at radius 3 is 2.88 bits per heavy atom. The molecule has 2 unspecified atom stereocenters. The van der Waals surface area contributed by atoms with E-state index in [-0.39, 0.29) is 11.6 Å². The molecule has 0 radical (unpaired) electrons. The van der Waals surface area contributed by atoms with E-state index in [2.05, 4.69) is 44.7 Å². The van der Waals surface area contributed by atoms with Crippen molar-refractivity contribution in [2.75, 3.05) is 24.3 Å². The minimum Gasteiger partial charge on any atom is -0.365 e. The molecule has 0 bridgehead atoms. The molecule has 0 aromatic carbocycles. The van der Waals surface area contributed by atoms with Crippen LogP contribution in [0.25, 0.3) is 5.52 Å². The first-order chi connectivity index (χ1) is 15.5. The molecule has 1 saturated carbocycles. The summed E-state index contributed by atoms with van der Waals surface area (Å²) in [6.45, 7) is 2.16. The van der Waals surface area contributed by atoms with E-state index in [1.165, 1.54) is 24.6 Å². The molecule has 9 heteroatoms. The average Bonchev–Trinajstić information content (AvgIpc) is 3.20. The number of pyridine rings is 1. The standard InChI is InChI=1S/C23H32N8O/c1-4-7-15-10-11-31-20(12-15)18(14-27-31)28-22-16(21(24)32)13-26-23(29-22)30(3)19-9-6-5-8-17(19)25-2/h10-14,17,19,25H,4-9H2,1-3H3,(H2,24,32)(H,26,28,29). The third-order valence-corrected chi connectivity index (χ3v) is 6.33. The van der Waals surface area contributed by atoms with E-state index in [4.69, 9.17) is 10.7 Å². The van der Waals surface area contributed by atoms with E-state index in [1.54, 1.807) is 10.7 Å². The number of hydrogen-bond acceptors (Lipinski definition) is 7. The molecular formula is C23H32N8O. The highest BCUT2D eigenvalue weighted by Crippen LogP contribution is 2.28. The lowest BCUT2D eigenvalue weighted by Crippen LogP contribution is -2.50. The minimum atomic E-state index is -0.574. The second-order valence-electron chi connectivity index (χ2n) is 8.45. The molecule has 1 aliphatic carbocycles. The van der Waals surface area contributed by atoms with Gasteiger partial charge in [-0.15, -0.1) is 0 Å². The third kappa shape index (κ3) is 4.38. The molecule has 4 N–H and O–H groups in total. The van der Waals surface area contributed by atoms with Crippen LogP contribution in [0, 0.1) is 0 Å². The second kappa shape index (κ2) is 9.52. The van der Waals surface area contributed by atoms with Crippen LogP contribution < -0.4 is 21.3 Å². The van der Waals surface area contributed by atoms with Crippen molar-refractivity contribution in [1.82, 2.24) is 24.9 Å². The second-order valence-corrected chi connectivity index (χ2v) is 8.45. The Kier molecular flexibility index (Phi) is 6.55. The van der Waals surface area contributed by atoms with Crippen molar-refractivity contribution in [3.63, 3.8) is 0 Å². The number of nitrogens with two attached hydrogens (primary N) is 1. The number of nitrogens with zero attached hydrogens (tertiary/aromatic N) is 5. The van der Waals surface area contributed by atoms with E-state index < -0.39 is 5.91 Å². The summed E-state index contributed by atoms with van der Waals surface area (Å²) < 4.78 is 1.80. The van der Waals surface area contributed by atoms with Crippen molar-refractivity contribution >= 4 is 28.9 Å². The van der Waals surface area contributed by atoms with Gasteiger partial charge in [0.05, 0.1) is 17.4 Å². The fourth-order valence-electron chi connectivity index (χ4n) is 4.57. The first-order valence-electron chi connectivity index (χ1n) is 11.3. The summed E-state index contributed by atoms with van der Waals surface area (Å²) in [6.07, 6.45) is 11.8. The highest BCUT2D eigenvalue weighted by Gasteiger charge is 2.29. The number of carbonyl (C=O) groups is 1. The zero-order valence-corrected chi connectivity index (χ0v) is 19.0. The Bertz CT molecular complexity index is 1090. The first kappa shape index (κ1) is 22.0. The van der Waals surface area contributed by atoms with Gasteiger partial charge in [-0.3, -0.25) is 4.79 Å². The van der Waals surface area contributed by atoms with Gasteiger partial charge in [-0.2, -0.15) is 10.1 Å². The van der Waals surface area contributed by atoms with Crippen molar-refractivity contribution in [1.29, 1.82) is 0 Å². The molecular weight excluding hydrogens is 404 g/mol. The highest BCUT2D eigenvalue weighted by molar-refractivity contribution is 5.98. The van der Waals surface area contributed by atoms with Crippen molar-refractivity contribution in [3.8, 4) is 0 Å². The summed E-state index contributed by atoms with van der Waals surface area (Å²) in [5, 5.41) is 11.1. The molecule has 0 saturated heterocycles. The van der Waals surface area contributed by atoms with E-state index >= 15 is 0 Å². The van der Waals surface area contributed by atoms with Crippen molar-refractivity contribution in [2.45, 2.75) is 57.5 Å². The predicted octanol–water partition coefficient (Wildman–Crippen LogP) is 2.89. The zero-order chi connectivity index (χ0) is 22.7. The Morgan fingerprint density at radius 1 is 1.31 bits per heavy atom. The molecule has 2 atom stereocenters. The van der Waals surface area contributed by atoms with Crippen LogP contribution in [-0.4, -0.2) is 51.7 Å². The van der Waals surface area contributed by atoms with Gasteiger partial charge in [0.1, 0.15) is 11.4 Å². The van der Waals surface area contributed by atoms with Crippen molar-refractivity contribution in [3.05, 3.63) is 41.9 Å². The summed E-state index contributed by atoms with van der Waals surface area (Å²) >= 11 is 0. The molecule has 1 aliphatic rings. The lowest BCUT2D eigenvalue weighted by molar-refractivity contribution is 0.100. The molecule has 4 rings (SSSR count). The Balaban J connectivity index is 1.68. The Morgan fingerprint density at radius 2 is 2.12 bits per heavy atom. The molecule has 9 nitrogen and oxygen atoms in total. The van der Waals surface area contributed by atoms with E-state index in [0.717, 1.165) is 36.9 Å².